The van der Waals surface area contributed by atoms with Gasteiger partial charge in [-0.05, 0) is 22.2 Å². The van der Waals surface area contributed by atoms with Gasteiger partial charge in [0, 0.05) is 19.8 Å². The van der Waals surface area contributed by atoms with Crippen LogP contribution in [0.3, 0.4) is 0 Å². The zero-order valence-electron chi connectivity index (χ0n) is 10.7. The number of ether oxygens (including phenoxy) is 1. The first-order valence-electron chi connectivity index (χ1n) is 5.80. The molecule has 1 aliphatic rings. The first kappa shape index (κ1) is 14.5. The van der Waals surface area contributed by atoms with Crippen molar-refractivity contribution in [1.82, 2.24) is 15.3 Å². The number of thioether (sulfide) groups is 1. The molecule has 0 saturated carbocycles. The summed E-state index contributed by atoms with van der Waals surface area (Å²) in [6.45, 7) is 1.70. The van der Waals surface area contributed by atoms with E-state index in [1.807, 2.05) is 11.2 Å². The van der Waals surface area contributed by atoms with Gasteiger partial charge in [-0.1, -0.05) is 11.8 Å². The maximum atomic E-state index is 11.6. The number of carbonyl (C=O) groups is 1. The Morgan fingerprint density at radius 2 is 2.47 bits per heavy atom. The predicted octanol–water partition coefficient (Wildman–Crippen LogP) is 0.912. The highest BCUT2D eigenvalue weighted by Crippen LogP contribution is 2.26. The van der Waals surface area contributed by atoms with Gasteiger partial charge in [0.15, 0.2) is 11.3 Å². The Morgan fingerprint density at radius 1 is 1.68 bits per heavy atom. The molecule has 19 heavy (non-hydrogen) atoms. The van der Waals surface area contributed by atoms with Crippen LogP contribution < -0.4 is 10.2 Å². The van der Waals surface area contributed by atoms with Gasteiger partial charge in [0.05, 0.1) is 17.6 Å². The number of nitrogens with zero attached hydrogens (tertiary/aromatic N) is 3. The van der Waals surface area contributed by atoms with Gasteiger partial charge in [-0.25, -0.2) is 9.97 Å². The minimum absolute atomic E-state index is 0.111. The normalized spacial score (nSPS) is 19.3. The first-order valence-corrected chi connectivity index (χ1v) is 7.82. The molecule has 1 aromatic rings. The average Bonchev–Trinajstić information content (AvgIpc) is 2.47. The summed E-state index contributed by atoms with van der Waals surface area (Å²) >= 11 is 4.94. The van der Waals surface area contributed by atoms with Crippen molar-refractivity contribution in [1.29, 1.82) is 0 Å². The molecule has 1 saturated heterocycles. The molecule has 1 atom stereocenters. The number of carbonyl (C=O) groups excluding carboxylic acids is 1. The summed E-state index contributed by atoms with van der Waals surface area (Å²) in [7, 11) is 1.61. The van der Waals surface area contributed by atoms with E-state index in [4.69, 9.17) is 4.74 Å². The second-order valence-corrected chi connectivity index (χ2v) is 5.58. The molecule has 1 fully saturated rings. The number of nitrogens with one attached hydrogen (secondary N) is 1. The zero-order valence-corrected chi connectivity index (χ0v) is 13.1. The lowest BCUT2D eigenvalue weighted by Crippen LogP contribution is -2.49. The number of rotatable bonds is 3. The number of hydrogen-bond donors (Lipinski definition) is 1. The van der Waals surface area contributed by atoms with Crippen molar-refractivity contribution in [2.75, 3.05) is 37.9 Å². The van der Waals surface area contributed by atoms with Gasteiger partial charge in [-0.15, -0.1) is 0 Å². The molecule has 104 valence electrons. The van der Waals surface area contributed by atoms with E-state index in [1.165, 1.54) is 11.8 Å². The van der Waals surface area contributed by atoms with E-state index < -0.39 is 6.10 Å². The molecular formula is C11H15BrN4O2S. The van der Waals surface area contributed by atoms with Crippen LogP contribution in [0.25, 0.3) is 0 Å². The summed E-state index contributed by atoms with van der Waals surface area (Å²) in [6, 6.07) is 0. The lowest BCUT2D eigenvalue weighted by molar-refractivity contribution is -0.132. The van der Waals surface area contributed by atoms with E-state index in [0.29, 0.717) is 24.9 Å². The van der Waals surface area contributed by atoms with Crippen LogP contribution in [0.1, 0.15) is 0 Å². The van der Waals surface area contributed by atoms with Crippen LogP contribution in [0, 0.1) is 0 Å². The maximum absolute atomic E-state index is 11.6. The van der Waals surface area contributed by atoms with Crippen LogP contribution in [0.4, 0.5) is 5.82 Å². The Morgan fingerprint density at radius 3 is 3.16 bits per heavy atom. The van der Waals surface area contributed by atoms with Gasteiger partial charge in [-0.3, -0.25) is 4.79 Å². The van der Waals surface area contributed by atoms with Gasteiger partial charge < -0.3 is 15.0 Å². The summed E-state index contributed by atoms with van der Waals surface area (Å²) in [6.07, 6.45) is 3.21. The number of aromatic nitrogens is 2. The predicted molar refractivity (Wildman–Crippen MR) is 77.5 cm³/mol. The van der Waals surface area contributed by atoms with Crippen LogP contribution >= 0.6 is 27.7 Å². The van der Waals surface area contributed by atoms with Crippen LogP contribution in [0.15, 0.2) is 15.8 Å². The Kier molecular flexibility index (Phi) is 5.00. The molecule has 0 radical (unpaired) electrons. The third kappa shape index (κ3) is 3.37. The molecule has 1 unspecified atom stereocenters. The minimum atomic E-state index is -0.460. The molecule has 1 amide bonds. The number of likely N-dealkylation sites (N-methyl/N-ethyl adjacent to an activating group) is 1. The van der Waals surface area contributed by atoms with Gasteiger partial charge in [-0.2, -0.15) is 0 Å². The van der Waals surface area contributed by atoms with E-state index in [2.05, 4.69) is 31.2 Å². The SMILES string of the molecule is CNC(=O)C1CN(c2nc(SC)ncc2Br)CCO1. The largest absolute Gasteiger partial charge is 0.365 e. The Balaban J connectivity index is 2.19. The third-order valence-electron chi connectivity index (χ3n) is 2.79. The standard InChI is InChI=1S/C11H15BrN4O2S/c1-13-10(17)8-6-16(3-4-18-8)9-7(12)5-14-11(15-9)19-2/h5,8H,3-4,6H2,1-2H3,(H,13,17). The molecule has 1 aliphatic heterocycles. The molecule has 0 aromatic carbocycles. The van der Waals surface area contributed by atoms with Crippen LogP contribution in [-0.2, 0) is 9.53 Å². The number of halogens is 1. The van der Waals surface area contributed by atoms with E-state index in [9.17, 15) is 4.79 Å². The van der Waals surface area contributed by atoms with Crippen molar-refractivity contribution < 1.29 is 9.53 Å². The molecule has 2 heterocycles. The number of hydrogen-bond acceptors (Lipinski definition) is 6. The Bertz CT molecular complexity index is 474. The molecule has 6 nitrogen and oxygen atoms in total. The Hall–Kier alpha value is -0.860. The molecular weight excluding hydrogens is 332 g/mol. The van der Waals surface area contributed by atoms with Crippen LogP contribution in [0.2, 0.25) is 0 Å². The molecule has 8 heteroatoms. The second kappa shape index (κ2) is 6.53. The molecule has 0 spiro atoms. The number of amides is 1. The quantitative estimate of drug-likeness (QED) is 0.648. The lowest BCUT2D eigenvalue weighted by Gasteiger charge is -2.33. The van der Waals surface area contributed by atoms with Crippen molar-refractivity contribution in [3.63, 3.8) is 0 Å². The van der Waals surface area contributed by atoms with Crippen molar-refractivity contribution >= 4 is 39.4 Å². The third-order valence-corrected chi connectivity index (χ3v) is 3.91. The maximum Gasteiger partial charge on any atom is 0.250 e. The summed E-state index contributed by atoms with van der Waals surface area (Å²) in [5, 5.41) is 3.31. The van der Waals surface area contributed by atoms with Gasteiger partial charge >= 0.3 is 0 Å². The number of anilines is 1. The second-order valence-electron chi connectivity index (χ2n) is 3.95. The molecule has 2 rings (SSSR count). The lowest BCUT2D eigenvalue weighted by atomic mass is 10.2. The highest BCUT2D eigenvalue weighted by atomic mass is 79.9. The molecule has 1 aromatic heterocycles. The fourth-order valence-electron chi connectivity index (χ4n) is 1.82. The van der Waals surface area contributed by atoms with Crippen molar-refractivity contribution in [3.05, 3.63) is 10.7 Å². The van der Waals surface area contributed by atoms with Crippen molar-refractivity contribution in [2.24, 2.45) is 0 Å². The van der Waals surface area contributed by atoms with Crippen LogP contribution in [0.5, 0.6) is 0 Å². The zero-order chi connectivity index (χ0) is 13.8. The highest BCUT2D eigenvalue weighted by Gasteiger charge is 2.27. The fraction of sp³-hybridized carbons (Fsp3) is 0.545. The number of morpholine rings is 1. The van der Waals surface area contributed by atoms with Gasteiger partial charge in [0.25, 0.3) is 5.91 Å². The van der Waals surface area contributed by atoms with E-state index in [-0.39, 0.29) is 5.91 Å². The Labute approximate surface area is 124 Å². The molecule has 0 bridgehead atoms. The molecule has 1 N–H and O–H groups in total. The summed E-state index contributed by atoms with van der Waals surface area (Å²) in [5.41, 5.74) is 0. The fourth-order valence-corrected chi connectivity index (χ4v) is 2.60. The summed E-state index contributed by atoms with van der Waals surface area (Å²) in [5.74, 6) is 0.691. The smallest absolute Gasteiger partial charge is 0.250 e. The van der Waals surface area contributed by atoms with Crippen LogP contribution in [-0.4, -0.2) is 55.0 Å². The van der Waals surface area contributed by atoms with Gasteiger partial charge in [0.2, 0.25) is 0 Å². The van der Waals surface area contributed by atoms with E-state index in [1.54, 1.807) is 13.2 Å². The topological polar surface area (TPSA) is 67.4 Å². The highest BCUT2D eigenvalue weighted by molar-refractivity contribution is 9.10. The average molecular weight is 347 g/mol. The van der Waals surface area contributed by atoms with Crippen molar-refractivity contribution in [3.8, 4) is 0 Å². The molecule has 0 aliphatic carbocycles. The summed E-state index contributed by atoms with van der Waals surface area (Å²) < 4.78 is 6.28. The van der Waals surface area contributed by atoms with E-state index in [0.717, 1.165) is 10.3 Å². The first-order chi connectivity index (χ1) is 9.15. The summed E-state index contributed by atoms with van der Waals surface area (Å²) in [4.78, 5) is 22.3. The van der Waals surface area contributed by atoms with E-state index >= 15 is 0 Å². The van der Waals surface area contributed by atoms with Gasteiger partial charge in [0.1, 0.15) is 5.82 Å². The monoisotopic (exact) mass is 346 g/mol. The van der Waals surface area contributed by atoms with Crippen molar-refractivity contribution in [2.45, 2.75) is 11.3 Å². The minimum Gasteiger partial charge on any atom is -0.365 e.